The van der Waals surface area contributed by atoms with E-state index in [0.29, 0.717) is 48.1 Å². The van der Waals surface area contributed by atoms with Gasteiger partial charge in [0.25, 0.3) is 5.91 Å². The number of amides is 1. The zero-order valence-electron chi connectivity index (χ0n) is 24.4. The molecule has 0 aliphatic carbocycles. The molecule has 0 saturated carbocycles. The van der Waals surface area contributed by atoms with Crippen LogP contribution in [0.4, 0.5) is 10.2 Å². The van der Waals surface area contributed by atoms with Gasteiger partial charge in [0.1, 0.15) is 23.5 Å². The highest BCUT2D eigenvalue weighted by Crippen LogP contribution is 2.31. The van der Waals surface area contributed by atoms with Gasteiger partial charge in [-0.25, -0.2) is 18.9 Å². The molecule has 6 rings (SSSR count). The van der Waals surface area contributed by atoms with Crippen molar-refractivity contribution in [2.24, 2.45) is 0 Å². The number of carbonyl (C=O) groups is 1. The molecule has 1 amide bonds. The van der Waals surface area contributed by atoms with E-state index in [1.54, 1.807) is 34.2 Å². The molecule has 4 aromatic heterocycles. The Kier molecular flexibility index (Phi) is 8.35. The molecule has 1 fully saturated rings. The van der Waals surface area contributed by atoms with Gasteiger partial charge in [-0.1, -0.05) is 19.9 Å². The zero-order valence-corrected chi connectivity index (χ0v) is 25.2. The Bertz CT molecular complexity index is 1700. The number of benzene rings is 1. The maximum atomic E-state index is 13.5. The average molecular weight is 600 g/mol. The number of thiophene rings is 1. The summed E-state index contributed by atoms with van der Waals surface area (Å²) in [5.74, 6) is 0.833. The molecular weight excluding hydrogens is 565 g/mol. The minimum atomic E-state index is -0.300. The first-order valence-electron chi connectivity index (χ1n) is 14.5. The number of carbonyl (C=O) groups excluding carboxylic acids is 1. The molecular formula is C32H34FN7O2S. The minimum Gasteiger partial charge on any atom is -0.487 e. The third-order valence-electron chi connectivity index (χ3n) is 7.77. The number of ether oxygens (including phenoxy) is 1. The average Bonchev–Trinajstić information content (AvgIpc) is 3.69. The Morgan fingerprint density at radius 1 is 1.12 bits per heavy atom. The fourth-order valence-electron chi connectivity index (χ4n) is 5.28. The van der Waals surface area contributed by atoms with Crippen molar-refractivity contribution in [1.82, 2.24) is 29.8 Å². The maximum absolute atomic E-state index is 13.5. The summed E-state index contributed by atoms with van der Waals surface area (Å²) >= 11 is 1.63. The van der Waals surface area contributed by atoms with Gasteiger partial charge in [0.05, 0.1) is 41.1 Å². The number of hydrogen-bond acceptors (Lipinski definition) is 8. The fourth-order valence-corrected chi connectivity index (χ4v) is 5.98. The number of nitrogens with one attached hydrogen (secondary N) is 1. The summed E-state index contributed by atoms with van der Waals surface area (Å²) in [5, 5.41) is 9.65. The summed E-state index contributed by atoms with van der Waals surface area (Å²) < 4.78 is 21.0. The molecule has 1 atom stereocenters. The van der Waals surface area contributed by atoms with E-state index < -0.39 is 0 Å². The van der Waals surface area contributed by atoms with Crippen LogP contribution in [0, 0.1) is 5.82 Å². The molecule has 0 bridgehead atoms. The normalized spacial score (nSPS) is 14.2. The Morgan fingerprint density at radius 3 is 2.63 bits per heavy atom. The fraction of sp³-hybridized carbons (Fsp3) is 0.312. The van der Waals surface area contributed by atoms with E-state index in [1.165, 1.54) is 12.1 Å². The van der Waals surface area contributed by atoms with Crippen molar-refractivity contribution in [1.29, 1.82) is 0 Å². The number of pyridine rings is 1. The molecule has 0 radical (unpaired) electrons. The number of hydrogen-bond donors (Lipinski definition) is 1. The number of likely N-dealkylation sites (N-methyl/N-ethyl adjacent to an activating group) is 1. The predicted molar refractivity (Wildman–Crippen MR) is 167 cm³/mol. The molecule has 1 aliphatic rings. The topological polar surface area (TPSA) is 87.9 Å². The summed E-state index contributed by atoms with van der Waals surface area (Å²) in [7, 11) is 0. The lowest BCUT2D eigenvalue weighted by molar-refractivity contribution is 0.0938. The highest BCUT2D eigenvalue weighted by Gasteiger charge is 2.31. The Hall–Kier alpha value is -4.35. The van der Waals surface area contributed by atoms with Crippen molar-refractivity contribution in [3.8, 4) is 27.6 Å². The molecule has 1 N–H and O–H groups in total. The number of fused-ring (bicyclic) bond motifs is 1. The number of halogens is 1. The Labute approximate surface area is 254 Å². The van der Waals surface area contributed by atoms with E-state index in [1.807, 2.05) is 41.9 Å². The van der Waals surface area contributed by atoms with E-state index in [2.05, 4.69) is 41.0 Å². The van der Waals surface area contributed by atoms with Crippen LogP contribution in [0.3, 0.4) is 0 Å². The van der Waals surface area contributed by atoms with Gasteiger partial charge < -0.3 is 15.0 Å². The predicted octanol–water partition coefficient (Wildman–Crippen LogP) is 5.39. The van der Waals surface area contributed by atoms with Crippen molar-refractivity contribution < 1.29 is 13.9 Å². The monoisotopic (exact) mass is 599 g/mol. The second-order valence-electron chi connectivity index (χ2n) is 10.6. The standard InChI is InChI=1S/C32H34FN7O2S/c1-4-38(5-2)21(3)17-34-32(41)22-15-28(26-18-35-40-13-12-27(37-31(26)40)29-7-6-14-43-29)36-30(16-22)39-19-25(20-39)42-24-10-8-23(33)9-11-24/h6-16,18,21,25H,4-5,17,19-20H2,1-3H3,(H,34,41). The first-order valence-corrected chi connectivity index (χ1v) is 15.4. The van der Waals surface area contributed by atoms with Crippen molar-refractivity contribution in [3.63, 3.8) is 0 Å². The van der Waals surface area contributed by atoms with Gasteiger partial charge in [-0.05, 0) is 73.9 Å². The van der Waals surface area contributed by atoms with Crippen LogP contribution < -0.4 is 15.0 Å². The molecule has 222 valence electrons. The molecule has 11 heteroatoms. The lowest BCUT2D eigenvalue weighted by Crippen LogP contribution is -2.54. The van der Waals surface area contributed by atoms with Crippen LogP contribution in [0.5, 0.6) is 5.75 Å². The lowest BCUT2D eigenvalue weighted by atomic mass is 10.1. The summed E-state index contributed by atoms with van der Waals surface area (Å²) in [4.78, 5) is 28.8. The van der Waals surface area contributed by atoms with Gasteiger partial charge in [-0.2, -0.15) is 5.10 Å². The van der Waals surface area contributed by atoms with Crippen molar-refractivity contribution >= 4 is 28.7 Å². The van der Waals surface area contributed by atoms with Crippen LogP contribution in [0.15, 0.2) is 72.4 Å². The van der Waals surface area contributed by atoms with Crippen LogP contribution >= 0.6 is 11.3 Å². The van der Waals surface area contributed by atoms with Crippen molar-refractivity contribution in [2.75, 3.05) is 37.6 Å². The number of aromatic nitrogens is 4. The third kappa shape index (κ3) is 6.23. The van der Waals surface area contributed by atoms with Gasteiger partial charge in [0.2, 0.25) is 0 Å². The van der Waals surface area contributed by atoms with Crippen LogP contribution in [-0.2, 0) is 0 Å². The Balaban J connectivity index is 1.29. The molecule has 9 nitrogen and oxygen atoms in total. The molecule has 5 aromatic rings. The van der Waals surface area contributed by atoms with Crippen LogP contribution in [0.1, 0.15) is 31.1 Å². The van der Waals surface area contributed by atoms with E-state index >= 15 is 0 Å². The minimum absolute atomic E-state index is 0.0740. The Morgan fingerprint density at radius 2 is 1.91 bits per heavy atom. The SMILES string of the molecule is CCN(CC)C(C)CNC(=O)c1cc(-c2cnn3ccc(-c4cccs4)nc23)nc(N2CC(Oc3ccc(F)cc3)C2)c1. The summed E-state index contributed by atoms with van der Waals surface area (Å²) in [6, 6.07) is 15.8. The van der Waals surface area contributed by atoms with Gasteiger partial charge in [-0.15, -0.1) is 11.3 Å². The summed E-state index contributed by atoms with van der Waals surface area (Å²) in [6.45, 7) is 9.91. The number of rotatable bonds is 11. The second kappa shape index (κ2) is 12.5. The van der Waals surface area contributed by atoms with Crippen LogP contribution in [0.25, 0.3) is 27.5 Å². The molecule has 1 unspecified atom stereocenters. The van der Waals surface area contributed by atoms with E-state index in [4.69, 9.17) is 14.7 Å². The van der Waals surface area contributed by atoms with Gasteiger partial charge in [-0.3, -0.25) is 9.69 Å². The molecule has 43 heavy (non-hydrogen) atoms. The maximum Gasteiger partial charge on any atom is 0.251 e. The highest BCUT2D eigenvalue weighted by molar-refractivity contribution is 7.13. The van der Waals surface area contributed by atoms with Gasteiger partial charge in [0, 0.05) is 24.3 Å². The third-order valence-corrected chi connectivity index (χ3v) is 8.67. The smallest absolute Gasteiger partial charge is 0.251 e. The van der Waals surface area contributed by atoms with Crippen LogP contribution in [0.2, 0.25) is 0 Å². The number of nitrogens with zero attached hydrogens (tertiary/aromatic N) is 6. The first kappa shape index (κ1) is 28.8. The number of anilines is 1. The lowest BCUT2D eigenvalue weighted by Gasteiger charge is -2.40. The van der Waals surface area contributed by atoms with Gasteiger partial charge >= 0.3 is 0 Å². The summed E-state index contributed by atoms with van der Waals surface area (Å²) in [5.41, 5.74) is 3.40. The van der Waals surface area contributed by atoms with Crippen LogP contribution in [-0.4, -0.2) is 75.3 Å². The largest absolute Gasteiger partial charge is 0.487 e. The summed E-state index contributed by atoms with van der Waals surface area (Å²) in [6.07, 6.45) is 3.56. The quantitative estimate of drug-likeness (QED) is 0.218. The molecule has 0 spiro atoms. The van der Waals surface area contributed by atoms with Gasteiger partial charge in [0.15, 0.2) is 5.65 Å². The second-order valence-corrected chi connectivity index (χ2v) is 11.5. The van der Waals surface area contributed by atoms with E-state index in [9.17, 15) is 9.18 Å². The first-order chi connectivity index (χ1) is 20.9. The van der Waals surface area contributed by atoms with Crippen molar-refractivity contribution in [2.45, 2.75) is 32.9 Å². The molecule has 5 heterocycles. The highest BCUT2D eigenvalue weighted by atomic mass is 32.1. The van der Waals surface area contributed by atoms with E-state index in [0.717, 1.165) is 29.2 Å². The molecule has 1 aliphatic heterocycles. The molecule has 1 saturated heterocycles. The van der Waals surface area contributed by atoms with Crippen molar-refractivity contribution in [3.05, 3.63) is 83.8 Å². The molecule has 1 aromatic carbocycles. The zero-order chi connectivity index (χ0) is 29.9. The van der Waals surface area contributed by atoms with E-state index in [-0.39, 0.29) is 23.9 Å².